The van der Waals surface area contributed by atoms with Crippen molar-refractivity contribution in [1.29, 1.82) is 0 Å². The van der Waals surface area contributed by atoms with Crippen LogP contribution >= 0.6 is 23.7 Å². The maximum Gasteiger partial charge on any atom is 0.273 e. The van der Waals surface area contributed by atoms with Crippen LogP contribution in [0.5, 0.6) is 0 Å². The van der Waals surface area contributed by atoms with Gasteiger partial charge in [-0.05, 0) is 38.1 Å². The van der Waals surface area contributed by atoms with Crippen LogP contribution in [-0.2, 0) is 6.42 Å². The lowest BCUT2D eigenvalue weighted by Crippen LogP contribution is -2.42. The zero-order chi connectivity index (χ0) is 13.2. The van der Waals surface area contributed by atoms with Gasteiger partial charge in [0.2, 0.25) is 0 Å². The molecular formula is C14H22ClN3OS. The van der Waals surface area contributed by atoms with Crippen molar-refractivity contribution >= 4 is 29.7 Å². The molecule has 2 heterocycles. The summed E-state index contributed by atoms with van der Waals surface area (Å²) >= 11 is 1.55. The summed E-state index contributed by atoms with van der Waals surface area (Å²) in [7, 11) is 0. The number of carbonyl (C=O) groups excluding carboxylic acids is 1. The van der Waals surface area contributed by atoms with Gasteiger partial charge >= 0.3 is 0 Å². The van der Waals surface area contributed by atoms with Crippen molar-refractivity contribution in [2.45, 2.75) is 44.6 Å². The first-order valence-electron chi connectivity index (χ1n) is 7.25. The number of thiazole rings is 1. The van der Waals surface area contributed by atoms with E-state index in [0.717, 1.165) is 30.3 Å². The molecule has 0 bridgehead atoms. The summed E-state index contributed by atoms with van der Waals surface area (Å²) in [6.45, 7) is 1.50. The Balaban J connectivity index is 0.00000147. The largest absolute Gasteiger partial charge is 0.334 e. The van der Waals surface area contributed by atoms with Crippen LogP contribution in [0.1, 0.15) is 47.6 Å². The number of hydrogen-bond acceptors (Lipinski definition) is 4. The molecule has 1 aliphatic carbocycles. The van der Waals surface area contributed by atoms with E-state index in [0.29, 0.717) is 18.3 Å². The third-order valence-corrected chi connectivity index (χ3v) is 5.29. The number of halogens is 1. The first-order chi connectivity index (χ1) is 9.29. The molecule has 112 valence electrons. The number of hydrogen-bond donors (Lipinski definition) is 1. The third-order valence-electron chi connectivity index (χ3n) is 4.38. The van der Waals surface area contributed by atoms with Gasteiger partial charge in [-0.3, -0.25) is 4.79 Å². The quantitative estimate of drug-likeness (QED) is 0.928. The smallest absolute Gasteiger partial charge is 0.273 e. The van der Waals surface area contributed by atoms with E-state index in [4.69, 9.17) is 5.73 Å². The molecule has 0 radical (unpaired) electrons. The zero-order valence-corrected chi connectivity index (χ0v) is 13.2. The molecule has 1 aromatic rings. The Morgan fingerprint density at radius 1 is 1.40 bits per heavy atom. The fourth-order valence-corrected chi connectivity index (χ4v) is 3.94. The summed E-state index contributed by atoms with van der Waals surface area (Å²) in [5.74, 6) is 0.877. The molecule has 2 fully saturated rings. The molecule has 4 nitrogen and oxygen atoms in total. The Bertz CT molecular complexity index is 461. The van der Waals surface area contributed by atoms with Crippen LogP contribution in [0.15, 0.2) is 5.38 Å². The van der Waals surface area contributed by atoms with Gasteiger partial charge in [0.15, 0.2) is 0 Å². The summed E-state index contributed by atoms with van der Waals surface area (Å²) in [4.78, 5) is 19.1. The van der Waals surface area contributed by atoms with Gasteiger partial charge in [-0.15, -0.1) is 23.7 Å². The molecule has 2 aliphatic rings. The van der Waals surface area contributed by atoms with Gasteiger partial charge in [0.25, 0.3) is 5.91 Å². The topological polar surface area (TPSA) is 59.2 Å². The SMILES string of the molecule is Cl.NCCc1nc(C(=O)N2CCCC2C2CCC2)cs1. The second-order valence-electron chi connectivity index (χ2n) is 5.56. The van der Waals surface area contributed by atoms with Crippen molar-refractivity contribution in [3.8, 4) is 0 Å². The van der Waals surface area contributed by atoms with E-state index in [2.05, 4.69) is 9.88 Å². The van der Waals surface area contributed by atoms with E-state index in [-0.39, 0.29) is 18.3 Å². The summed E-state index contributed by atoms with van der Waals surface area (Å²) in [5.41, 5.74) is 6.15. The first kappa shape index (κ1) is 15.7. The second-order valence-corrected chi connectivity index (χ2v) is 6.51. The van der Waals surface area contributed by atoms with Crippen molar-refractivity contribution in [1.82, 2.24) is 9.88 Å². The number of nitrogens with two attached hydrogens (primary N) is 1. The van der Waals surface area contributed by atoms with Crippen molar-refractivity contribution < 1.29 is 4.79 Å². The first-order valence-corrected chi connectivity index (χ1v) is 8.13. The van der Waals surface area contributed by atoms with Crippen LogP contribution in [0.25, 0.3) is 0 Å². The molecule has 0 spiro atoms. The lowest BCUT2D eigenvalue weighted by Gasteiger charge is -2.36. The summed E-state index contributed by atoms with van der Waals surface area (Å²) < 4.78 is 0. The van der Waals surface area contributed by atoms with E-state index in [9.17, 15) is 4.79 Å². The monoisotopic (exact) mass is 315 g/mol. The van der Waals surface area contributed by atoms with Gasteiger partial charge in [0.05, 0.1) is 5.01 Å². The molecule has 2 N–H and O–H groups in total. The fraction of sp³-hybridized carbons (Fsp3) is 0.714. The standard InChI is InChI=1S/C14H21N3OS.ClH/c15-7-6-13-16-11(9-19-13)14(18)17-8-2-5-12(17)10-3-1-4-10;/h9-10,12H,1-8,15H2;1H. The Morgan fingerprint density at radius 2 is 2.20 bits per heavy atom. The van der Waals surface area contributed by atoms with Crippen LogP contribution in [0, 0.1) is 5.92 Å². The molecule has 0 aromatic carbocycles. The minimum absolute atomic E-state index is 0. The highest BCUT2D eigenvalue weighted by atomic mass is 35.5. The molecule has 1 unspecified atom stereocenters. The molecular weight excluding hydrogens is 294 g/mol. The number of nitrogens with zero attached hydrogens (tertiary/aromatic N) is 2. The van der Waals surface area contributed by atoms with Crippen molar-refractivity contribution in [2.24, 2.45) is 11.7 Å². The third kappa shape index (κ3) is 3.00. The Labute approximate surface area is 130 Å². The molecule has 6 heteroatoms. The summed E-state index contributed by atoms with van der Waals surface area (Å²) in [6, 6.07) is 0.473. The average molecular weight is 316 g/mol. The maximum absolute atomic E-state index is 12.6. The molecule has 20 heavy (non-hydrogen) atoms. The van der Waals surface area contributed by atoms with Gasteiger partial charge in [0, 0.05) is 24.4 Å². The van der Waals surface area contributed by atoms with Crippen LogP contribution < -0.4 is 5.73 Å². The van der Waals surface area contributed by atoms with E-state index in [1.807, 2.05) is 5.38 Å². The number of rotatable bonds is 4. The number of likely N-dealkylation sites (tertiary alicyclic amines) is 1. The second kappa shape index (κ2) is 6.87. The van der Waals surface area contributed by atoms with Gasteiger partial charge in [-0.25, -0.2) is 4.98 Å². The molecule has 3 rings (SSSR count). The van der Waals surface area contributed by atoms with E-state index >= 15 is 0 Å². The lowest BCUT2D eigenvalue weighted by atomic mass is 9.79. The van der Waals surface area contributed by atoms with Crippen molar-refractivity contribution in [2.75, 3.05) is 13.1 Å². The highest BCUT2D eigenvalue weighted by Crippen LogP contribution is 2.37. The van der Waals surface area contributed by atoms with Crippen LogP contribution in [-0.4, -0.2) is 34.9 Å². The number of amides is 1. The Kier molecular flexibility index (Phi) is 5.41. The predicted molar refractivity (Wildman–Crippen MR) is 83.5 cm³/mol. The van der Waals surface area contributed by atoms with Crippen molar-refractivity contribution in [3.05, 3.63) is 16.1 Å². The summed E-state index contributed by atoms with van der Waals surface area (Å²) in [6.07, 6.45) is 7.02. The fourth-order valence-electron chi connectivity index (χ4n) is 3.15. The van der Waals surface area contributed by atoms with E-state index in [1.54, 1.807) is 11.3 Å². The number of aromatic nitrogens is 1. The molecule has 1 aliphatic heterocycles. The van der Waals surface area contributed by atoms with Gasteiger partial charge in [-0.2, -0.15) is 0 Å². The Hall–Kier alpha value is -0.650. The zero-order valence-electron chi connectivity index (χ0n) is 11.6. The van der Waals surface area contributed by atoms with Crippen LogP contribution in [0.3, 0.4) is 0 Å². The molecule has 1 amide bonds. The lowest BCUT2D eigenvalue weighted by molar-refractivity contribution is 0.0621. The van der Waals surface area contributed by atoms with E-state index < -0.39 is 0 Å². The minimum Gasteiger partial charge on any atom is -0.334 e. The van der Waals surface area contributed by atoms with Gasteiger partial charge in [0.1, 0.15) is 5.69 Å². The van der Waals surface area contributed by atoms with Crippen LogP contribution in [0.4, 0.5) is 0 Å². The highest BCUT2D eigenvalue weighted by Gasteiger charge is 2.38. The van der Waals surface area contributed by atoms with Crippen LogP contribution in [0.2, 0.25) is 0 Å². The molecule has 1 atom stereocenters. The minimum atomic E-state index is 0. The van der Waals surface area contributed by atoms with Crippen molar-refractivity contribution in [3.63, 3.8) is 0 Å². The molecule has 1 aromatic heterocycles. The Morgan fingerprint density at radius 3 is 2.85 bits per heavy atom. The van der Waals surface area contributed by atoms with E-state index in [1.165, 1.54) is 25.7 Å². The van der Waals surface area contributed by atoms with Gasteiger partial charge < -0.3 is 10.6 Å². The normalized spacial score (nSPS) is 22.4. The average Bonchev–Trinajstić information content (AvgIpc) is 2.96. The van der Waals surface area contributed by atoms with Gasteiger partial charge in [-0.1, -0.05) is 6.42 Å². The maximum atomic E-state index is 12.6. The highest BCUT2D eigenvalue weighted by molar-refractivity contribution is 7.09. The molecule has 1 saturated carbocycles. The number of carbonyl (C=O) groups is 1. The molecule has 1 saturated heterocycles. The predicted octanol–water partition coefficient (Wildman–Crippen LogP) is 2.47. The summed E-state index contributed by atoms with van der Waals surface area (Å²) in [5, 5.41) is 2.87.